The largest absolute Gasteiger partial charge is 0.379 e. The second-order valence-electron chi connectivity index (χ2n) is 9.26. The van der Waals surface area contributed by atoms with Gasteiger partial charge in [-0.25, -0.2) is 9.35 Å². The number of hydrogen-bond acceptors (Lipinski definition) is 4. The molecular formula is C25H31N3O3S. The van der Waals surface area contributed by atoms with Crippen LogP contribution in [0.15, 0.2) is 39.6 Å². The van der Waals surface area contributed by atoms with Crippen molar-refractivity contribution in [2.75, 3.05) is 20.2 Å². The number of rotatable bonds is 6. The second kappa shape index (κ2) is 8.71. The normalized spacial score (nSPS) is 19.8. The molecule has 1 atom stereocenters. The molecule has 2 aromatic carbocycles. The van der Waals surface area contributed by atoms with Crippen LogP contribution in [0.4, 0.5) is 0 Å². The minimum Gasteiger partial charge on any atom is -0.379 e. The molecule has 0 radical (unpaired) electrons. The number of methoxy groups -OCH3 is 1. The first-order valence-electron chi connectivity index (χ1n) is 11.5. The maximum atomic E-state index is 13.1. The van der Waals surface area contributed by atoms with E-state index in [0.29, 0.717) is 11.0 Å². The van der Waals surface area contributed by atoms with Crippen LogP contribution in [0, 0.1) is 0 Å². The number of amides is 1. The van der Waals surface area contributed by atoms with Gasteiger partial charge in [-0.15, -0.1) is 4.36 Å². The van der Waals surface area contributed by atoms with Crippen molar-refractivity contribution < 1.29 is 13.7 Å². The maximum Gasteiger partial charge on any atom is 0.259 e. The third-order valence-corrected chi connectivity index (χ3v) is 8.51. The highest BCUT2D eigenvalue weighted by atomic mass is 32.2. The van der Waals surface area contributed by atoms with Gasteiger partial charge in [0.25, 0.3) is 5.91 Å². The Morgan fingerprint density at radius 3 is 2.31 bits per heavy atom. The Morgan fingerprint density at radius 2 is 1.72 bits per heavy atom. The Balaban J connectivity index is 1.32. The number of carbonyl (C=O) groups excluding carboxylic acids is 1. The van der Waals surface area contributed by atoms with E-state index in [9.17, 15) is 9.00 Å². The van der Waals surface area contributed by atoms with Crippen LogP contribution >= 0.6 is 0 Å². The van der Waals surface area contributed by atoms with Crippen molar-refractivity contribution in [1.29, 1.82) is 0 Å². The molecule has 6 nitrogen and oxygen atoms in total. The molecule has 1 unspecified atom stereocenters. The smallest absolute Gasteiger partial charge is 0.259 e. The van der Waals surface area contributed by atoms with E-state index < -0.39 is 9.92 Å². The van der Waals surface area contributed by atoms with Gasteiger partial charge in [0.15, 0.2) is 0 Å². The SMILES string of the molecule is COC1CN(Cc2ccc(S(N)(=O)=NC(=O)Cc3c4c(cc5c3CCC5)CCC4)cc2)C1. The standard InChI is InChI=1S/C25H31N3O3S/c1-31-20-15-28(16-20)14-17-8-10-21(11-9-17)32(26,30)27-25(29)13-24-22-6-2-4-18(22)12-19-5-3-7-23(19)24/h8-12,20H,2-7,13-16H2,1H3,(H2,26,27,29,30). The number of carbonyl (C=O) groups is 1. The summed E-state index contributed by atoms with van der Waals surface area (Å²) in [7, 11) is -1.53. The summed E-state index contributed by atoms with van der Waals surface area (Å²) in [4.78, 5) is 15.6. The summed E-state index contributed by atoms with van der Waals surface area (Å²) in [5.41, 5.74) is 7.66. The summed E-state index contributed by atoms with van der Waals surface area (Å²) in [6.45, 7) is 2.65. The number of fused-ring (bicyclic) bond motifs is 2. The number of benzene rings is 2. The number of nitrogens with two attached hydrogens (primary N) is 1. The Labute approximate surface area is 190 Å². The van der Waals surface area contributed by atoms with E-state index in [1.807, 2.05) is 12.1 Å². The quantitative estimate of drug-likeness (QED) is 0.729. The van der Waals surface area contributed by atoms with E-state index in [1.165, 1.54) is 22.3 Å². The van der Waals surface area contributed by atoms with Crippen LogP contribution < -0.4 is 5.14 Å². The second-order valence-corrected chi connectivity index (χ2v) is 11.1. The lowest BCUT2D eigenvalue weighted by atomic mass is 9.92. The third-order valence-electron chi connectivity index (χ3n) is 7.09. The lowest BCUT2D eigenvalue weighted by Crippen LogP contribution is -2.50. The third kappa shape index (κ3) is 4.27. The Morgan fingerprint density at radius 1 is 1.09 bits per heavy atom. The zero-order valence-corrected chi connectivity index (χ0v) is 19.5. The predicted octanol–water partition coefficient (Wildman–Crippen LogP) is 2.96. The number of ether oxygens (including phenoxy) is 1. The summed E-state index contributed by atoms with van der Waals surface area (Å²) >= 11 is 0. The highest BCUT2D eigenvalue weighted by Gasteiger charge is 2.27. The predicted molar refractivity (Wildman–Crippen MR) is 125 cm³/mol. The van der Waals surface area contributed by atoms with Crippen LogP contribution in [0.1, 0.15) is 46.2 Å². The number of hydrogen-bond donors (Lipinski definition) is 1. The Bertz CT molecular complexity index is 1130. The molecule has 2 N–H and O–H groups in total. The van der Waals surface area contributed by atoms with Gasteiger partial charge in [-0.1, -0.05) is 18.2 Å². The molecular weight excluding hydrogens is 422 g/mol. The molecule has 0 spiro atoms. The molecule has 2 aliphatic carbocycles. The molecule has 32 heavy (non-hydrogen) atoms. The summed E-state index contributed by atoms with van der Waals surface area (Å²) < 4.78 is 22.4. The van der Waals surface area contributed by atoms with Crippen LogP contribution in [0.25, 0.3) is 0 Å². The molecule has 2 aromatic rings. The van der Waals surface area contributed by atoms with E-state index in [1.54, 1.807) is 19.2 Å². The van der Waals surface area contributed by atoms with Crippen molar-refractivity contribution in [3.63, 3.8) is 0 Å². The zero-order chi connectivity index (χ0) is 22.3. The van der Waals surface area contributed by atoms with E-state index in [4.69, 9.17) is 9.88 Å². The number of aryl methyl sites for hydroxylation is 2. The van der Waals surface area contributed by atoms with Gasteiger partial charge in [-0.05, 0) is 84.0 Å². The van der Waals surface area contributed by atoms with E-state index >= 15 is 0 Å². The van der Waals surface area contributed by atoms with Crippen molar-refractivity contribution in [2.24, 2.45) is 9.50 Å². The summed E-state index contributed by atoms with van der Waals surface area (Å²) in [6.07, 6.45) is 7.01. The number of likely N-dealkylation sites (tertiary alicyclic amines) is 1. The molecule has 3 aliphatic rings. The van der Waals surface area contributed by atoms with E-state index in [-0.39, 0.29) is 12.3 Å². The molecule has 0 bridgehead atoms. The Kier molecular flexibility index (Phi) is 5.92. The number of nitrogens with zero attached hydrogens (tertiary/aromatic N) is 2. The first-order valence-corrected chi connectivity index (χ1v) is 13.1. The van der Waals surface area contributed by atoms with Gasteiger partial charge in [0.05, 0.1) is 17.4 Å². The summed E-state index contributed by atoms with van der Waals surface area (Å²) in [5, 5.41) is 6.06. The molecule has 7 heteroatoms. The van der Waals surface area contributed by atoms with Crippen molar-refractivity contribution in [3.8, 4) is 0 Å². The summed E-state index contributed by atoms with van der Waals surface area (Å²) in [5.74, 6) is -0.387. The van der Waals surface area contributed by atoms with Gasteiger partial charge in [0, 0.05) is 26.7 Å². The fraction of sp³-hybridized carbons (Fsp3) is 0.480. The highest BCUT2D eigenvalue weighted by molar-refractivity contribution is 7.91. The maximum absolute atomic E-state index is 13.1. The molecule has 1 fully saturated rings. The van der Waals surface area contributed by atoms with Crippen LogP contribution in [0.5, 0.6) is 0 Å². The van der Waals surface area contributed by atoms with Gasteiger partial charge in [-0.2, -0.15) is 0 Å². The van der Waals surface area contributed by atoms with Crippen molar-refractivity contribution in [2.45, 2.75) is 62.5 Å². The van der Waals surface area contributed by atoms with Crippen molar-refractivity contribution in [1.82, 2.24) is 4.90 Å². The van der Waals surface area contributed by atoms with Crippen molar-refractivity contribution >= 4 is 15.8 Å². The Hall–Kier alpha value is -2.06. The van der Waals surface area contributed by atoms with Crippen LogP contribution in [0.3, 0.4) is 0 Å². The van der Waals surface area contributed by atoms with Crippen LogP contribution in [-0.4, -0.2) is 41.3 Å². The molecule has 1 aliphatic heterocycles. The minimum atomic E-state index is -3.27. The minimum absolute atomic E-state index is 0.202. The van der Waals surface area contributed by atoms with Gasteiger partial charge in [0.2, 0.25) is 0 Å². The molecule has 0 aromatic heterocycles. The van der Waals surface area contributed by atoms with Crippen LogP contribution in [-0.2, 0) is 58.1 Å². The highest BCUT2D eigenvalue weighted by Crippen LogP contribution is 2.35. The van der Waals surface area contributed by atoms with E-state index in [2.05, 4.69) is 15.3 Å². The fourth-order valence-electron chi connectivity index (χ4n) is 5.38. The zero-order valence-electron chi connectivity index (χ0n) is 18.6. The first-order chi connectivity index (χ1) is 15.4. The fourth-order valence-corrected chi connectivity index (χ4v) is 6.38. The molecule has 0 saturated carbocycles. The molecule has 170 valence electrons. The molecule has 1 saturated heterocycles. The first kappa shape index (κ1) is 21.8. The topological polar surface area (TPSA) is 85.0 Å². The molecule has 5 rings (SSSR count). The van der Waals surface area contributed by atoms with Gasteiger partial charge >= 0.3 is 0 Å². The van der Waals surface area contributed by atoms with Crippen molar-refractivity contribution in [3.05, 3.63) is 63.7 Å². The van der Waals surface area contributed by atoms with Gasteiger partial charge in [0.1, 0.15) is 9.92 Å². The average Bonchev–Trinajstić information content (AvgIpc) is 3.39. The lowest BCUT2D eigenvalue weighted by Gasteiger charge is -2.38. The molecule has 1 heterocycles. The van der Waals surface area contributed by atoms with E-state index in [0.717, 1.165) is 69.3 Å². The summed E-state index contributed by atoms with van der Waals surface area (Å²) in [6, 6.07) is 9.65. The molecule has 1 amide bonds. The van der Waals surface area contributed by atoms with Crippen LogP contribution in [0.2, 0.25) is 0 Å². The average molecular weight is 454 g/mol. The monoisotopic (exact) mass is 453 g/mol. The van der Waals surface area contributed by atoms with Gasteiger partial charge < -0.3 is 4.74 Å². The lowest BCUT2D eigenvalue weighted by molar-refractivity contribution is -0.117. The van der Waals surface area contributed by atoms with Gasteiger partial charge in [-0.3, -0.25) is 9.69 Å².